The number of methoxy groups -OCH3 is 1. The van der Waals surface area contributed by atoms with Gasteiger partial charge in [-0.05, 0) is 35.9 Å². The zero-order valence-electron chi connectivity index (χ0n) is 14.0. The van der Waals surface area contributed by atoms with E-state index in [-0.39, 0.29) is 36.9 Å². The number of nitro benzene ring substituents is 1. The highest BCUT2D eigenvalue weighted by Gasteiger charge is 2.14. The molecule has 138 valence electrons. The summed E-state index contributed by atoms with van der Waals surface area (Å²) in [4.78, 5) is 22.6. The second-order valence-corrected chi connectivity index (χ2v) is 5.77. The number of aliphatic hydroxyl groups excluding tert-OH is 1. The first kappa shape index (κ1) is 19.5. The number of ether oxygens (including phenoxy) is 1. The van der Waals surface area contributed by atoms with Crippen molar-refractivity contribution < 1.29 is 19.6 Å². The number of nitrogens with zero attached hydrogens (tertiary/aromatic N) is 1. The molecule has 0 bridgehead atoms. The number of halogens is 1. The van der Waals surface area contributed by atoms with Crippen molar-refractivity contribution in [2.75, 3.05) is 24.3 Å². The van der Waals surface area contributed by atoms with E-state index in [1.54, 1.807) is 18.2 Å². The maximum Gasteiger partial charge on any atom is 0.292 e. The highest BCUT2D eigenvalue weighted by Crippen LogP contribution is 2.28. The number of aliphatic hydroxyl groups is 1. The first-order valence-corrected chi connectivity index (χ1v) is 8.08. The van der Waals surface area contributed by atoms with Crippen LogP contribution in [-0.2, 0) is 11.4 Å². The van der Waals surface area contributed by atoms with Gasteiger partial charge in [0.25, 0.3) is 5.69 Å². The molecule has 2 aromatic rings. The van der Waals surface area contributed by atoms with Gasteiger partial charge in [0.05, 0.1) is 24.3 Å². The molecule has 0 fully saturated rings. The lowest BCUT2D eigenvalue weighted by molar-refractivity contribution is -0.384. The molecule has 9 heteroatoms. The molecule has 8 nitrogen and oxygen atoms in total. The molecule has 0 aliphatic rings. The van der Waals surface area contributed by atoms with Crippen LogP contribution in [0.4, 0.5) is 17.1 Å². The number of hydrogen-bond acceptors (Lipinski definition) is 6. The summed E-state index contributed by atoms with van der Waals surface area (Å²) in [7, 11) is 1.48. The fourth-order valence-corrected chi connectivity index (χ4v) is 2.46. The Morgan fingerprint density at radius 1 is 1.27 bits per heavy atom. The smallest absolute Gasteiger partial charge is 0.292 e. The van der Waals surface area contributed by atoms with Crippen molar-refractivity contribution in [2.24, 2.45) is 0 Å². The highest BCUT2D eigenvalue weighted by molar-refractivity contribution is 6.31. The van der Waals surface area contributed by atoms with E-state index in [2.05, 4.69) is 10.6 Å². The van der Waals surface area contributed by atoms with Crippen LogP contribution in [0.1, 0.15) is 12.0 Å². The number of hydrogen-bond donors (Lipinski definition) is 3. The summed E-state index contributed by atoms with van der Waals surface area (Å²) < 4.78 is 5.15. The van der Waals surface area contributed by atoms with Gasteiger partial charge in [-0.25, -0.2) is 0 Å². The van der Waals surface area contributed by atoms with Gasteiger partial charge in [0, 0.05) is 24.1 Å². The van der Waals surface area contributed by atoms with E-state index < -0.39 is 4.92 Å². The summed E-state index contributed by atoms with van der Waals surface area (Å²) in [6.45, 7) is -0.0633. The number of nitrogens with one attached hydrogen (secondary N) is 2. The van der Waals surface area contributed by atoms with Crippen LogP contribution in [-0.4, -0.2) is 29.6 Å². The van der Waals surface area contributed by atoms with Crippen LogP contribution >= 0.6 is 11.6 Å². The van der Waals surface area contributed by atoms with Crippen molar-refractivity contribution in [1.29, 1.82) is 0 Å². The lowest BCUT2D eigenvalue weighted by Gasteiger charge is -2.11. The number of carbonyl (C=O) groups is 1. The molecule has 0 atom stereocenters. The van der Waals surface area contributed by atoms with Gasteiger partial charge in [0.1, 0.15) is 11.4 Å². The highest BCUT2D eigenvalue weighted by atomic mass is 35.5. The Morgan fingerprint density at radius 3 is 2.69 bits per heavy atom. The summed E-state index contributed by atoms with van der Waals surface area (Å²) in [6, 6.07) is 9.12. The van der Waals surface area contributed by atoms with E-state index in [9.17, 15) is 14.9 Å². The standard InChI is InChI=1S/C17H18ClN3O5/c1-26-16-5-3-12(18)9-14(16)20-17(23)6-7-19-13-8-11(10-22)2-4-15(13)21(24)25/h2-5,8-9,19,22H,6-7,10H2,1H3,(H,20,23). The number of carbonyl (C=O) groups excluding carboxylic acids is 1. The largest absolute Gasteiger partial charge is 0.495 e. The lowest BCUT2D eigenvalue weighted by Crippen LogP contribution is -2.17. The Kier molecular flexibility index (Phi) is 6.76. The Morgan fingerprint density at radius 2 is 2.04 bits per heavy atom. The molecule has 0 spiro atoms. The van der Waals surface area contributed by atoms with Crippen molar-refractivity contribution in [3.63, 3.8) is 0 Å². The fourth-order valence-electron chi connectivity index (χ4n) is 2.28. The fraction of sp³-hybridized carbons (Fsp3) is 0.235. The number of rotatable bonds is 8. The summed E-state index contributed by atoms with van der Waals surface area (Å²) in [5.41, 5.74) is 1.10. The van der Waals surface area contributed by atoms with Crippen molar-refractivity contribution in [2.45, 2.75) is 13.0 Å². The molecule has 0 radical (unpaired) electrons. The molecule has 0 heterocycles. The lowest BCUT2D eigenvalue weighted by atomic mass is 10.2. The molecule has 0 saturated heterocycles. The quantitative estimate of drug-likeness (QED) is 0.479. The number of benzene rings is 2. The summed E-state index contributed by atoms with van der Waals surface area (Å²) in [5.74, 6) is 0.168. The Balaban J connectivity index is 1.99. The van der Waals surface area contributed by atoms with Crippen LogP contribution in [0.25, 0.3) is 0 Å². The van der Waals surface area contributed by atoms with Crippen molar-refractivity contribution in [1.82, 2.24) is 0 Å². The minimum absolute atomic E-state index is 0.0656. The van der Waals surface area contributed by atoms with Crippen LogP contribution in [0, 0.1) is 10.1 Å². The SMILES string of the molecule is COc1ccc(Cl)cc1NC(=O)CCNc1cc(CO)ccc1[N+](=O)[O-]. The summed E-state index contributed by atoms with van der Waals surface area (Å²) in [6.07, 6.45) is 0.0656. The zero-order chi connectivity index (χ0) is 19.1. The Bertz CT molecular complexity index is 813. The van der Waals surface area contributed by atoms with E-state index in [1.807, 2.05) is 0 Å². The second-order valence-electron chi connectivity index (χ2n) is 5.34. The minimum atomic E-state index is -0.527. The van der Waals surface area contributed by atoms with Gasteiger partial charge in [-0.3, -0.25) is 14.9 Å². The normalized spacial score (nSPS) is 10.3. The van der Waals surface area contributed by atoms with Gasteiger partial charge in [-0.1, -0.05) is 11.6 Å². The molecular weight excluding hydrogens is 362 g/mol. The third kappa shape index (κ3) is 5.08. The summed E-state index contributed by atoms with van der Waals surface area (Å²) >= 11 is 5.91. The molecule has 2 rings (SSSR count). The van der Waals surface area contributed by atoms with Gasteiger partial charge in [-0.2, -0.15) is 0 Å². The van der Waals surface area contributed by atoms with Gasteiger partial charge in [0.15, 0.2) is 0 Å². The minimum Gasteiger partial charge on any atom is -0.495 e. The number of anilines is 2. The zero-order valence-corrected chi connectivity index (χ0v) is 14.7. The van der Waals surface area contributed by atoms with Crippen LogP contribution < -0.4 is 15.4 Å². The first-order chi connectivity index (χ1) is 12.4. The third-order valence-corrected chi connectivity index (χ3v) is 3.78. The van der Waals surface area contributed by atoms with Crippen LogP contribution in [0.5, 0.6) is 5.75 Å². The number of nitro groups is 1. The topological polar surface area (TPSA) is 114 Å². The van der Waals surface area contributed by atoms with Gasteiger partial charge in [-0.15, -0.1) is 0 Å². The average Bonchev–Trinajstić information content (AvgIpc) is 2.61. The second kappa shape index (κ2) is 9.02. The summed E-state index contributed by atoms with van der Waals surface area (Å²) in [5, 5.41) is 26.2. The Hall–Kier alpha value is -2.84. The third-order valence-electron chi connectivity index (χ3n) is 3.54. The van der Waals surface area contributed by atoms with E-state index in [0.29, 0.717) is 22.0 Å². The van der Waals surface area contributed by atoms with Crippen LogP contribution in [0.2, 0.25) is 5.02 Å². The molecule has 0 unspecified atom stereocenters. The van der Waals surface area contributed by atoms with Gasteiger partial charge < -0.3 is 20.5 Å². The molecule has 1 amide bonds. The molecule has 26 heavy (non-hydrogen) atoms. The van der Waals surface area contributed by atoms with Crippen LogP contribution in [0.3, 0.4) is 0 Å². The van der Waals surface area contributed by atoms with Crippen molar-refractivity contribution in [3.8, 4) is 5.75 Å². The van der Waals surface area contributed by atoms with E-state index in [0.717, 1.165) is 0 Å². The van der Waals surface area contributed by atoms with Crippen molar-refractivity contribution in [3.05, 3.63) is 57.1 Å². The predicted molar refractivity (Wildman–Crippen MR) is 98.8 cm³/mol. The first-order valence-electron chi connectivity index (χ1n) is 7.70. The van der Waals surface area contributed by atoms with Gasteiger partial charge in [0.2, 0.25) is 5.91 Å². The maximum atomic E-state index is 12.1. The maximum absolute atomic E-state index is 12.1. The molecule has 2 aromatic carbocycles. The van der Waals surface area contributed by atoms with Gasteiger partial charge >= 0.3 is 0 Å². The average molecular weight is 380 g/mol. The van der Waals surface area contributed by atoms with E-state index in [4.69, 9.17) is 21.4 Å². The molecular formula is C17H18ClN3O5. The number of amides is 1. The van der Waals surface area contributed by atoms with E-state index in [1.165, 1.54) is 25.3 Å². The Labute approximate surface area is 154 Å². The molecule has 3 N–H and O–H groups in total. The molecule has 0 aliphatic carbocycles. The van der Waals surface area contributed by atoms with E-state index >= 15 is 0 Å². The van der Waals surface area contributed by atoms with Crippen molar-refractivity contribution >= 4 is 34.6 Å². The molecule has 0 aromatic heterocycles. The molecule has 0 aliphatic heterocycles. The molecule has 0 saturated carbocycles. The van der Waals surface area contributed by atoms with Crippen LogP contribution in [0.15, 0.2) is 36.4 Å². The monoisotopic (exact) mass is 379 g/mol. The predicted octanol–water partition coefficient (Wildman–Crippen LogP) is 3.19.